The van der Waals surface area contributed by atoms with Crippen molar-refractivity contribution >= 4 is 17.6 Å². The Hall–Kier alpha value is -3.57. The molecule has 0 aliphatic carbocycles. The van der Waals surface area contributed by atoms with Crippen molar-refractivity contribution in [3.05, 3.63) is 100 Å². The average Bonchev–Trinajstić information content (AvgIpc) is 2.95. The maximum Gasteiger partial charge on any atom is 0.317 e. The fourth-order valence-corrected chi connectivity index (χ4v) is 4.35. The monoisotopic (exact) mass is 518 g/mol. The van der Waals surface area contributed by atoms with Crippen LogP contribution in [0.15, 0.2) is 72.8 Å². The fourth-order valence-electron chi connectivity index (χ4n) is 4.23. The summed E-state index contributed by atoms with van der Waals surface area (Å²) in [6.07, 6.45) is -0.170. The Morgan fingerprint density at radius 2 is 1.73 bits per heavy atom. The van der Waals surface area contributed by atoms with Crippen molar-refractivity contribution in [2.45, 2.75) is 19.3 Å². The van der Waals surface area contributed by atoms with E-state index in [0.717, 1.165) is 35.5 Å². The topological polar surface area (TPSA) is 77.8 Å². The molecule has 37 heavy (non-hydrogen) atoms. The molecule has 3 aromatic carbocycles. The lowest BCUT2D eigenvalue weighted by Crippen LogP contribution is -2.52. The van der Waals surface area contributed by atoms with Gasteiger partial charge in [0, 0.05) is 44.3 Å². The number of nitriles is 1. The number of rotatable bonds is 9. The van der Waals surface area contributed by atoms with E-state index in [1.807, 2.05) is 65.6 Å². The van der Waals surface area contributed by atoms with E-state index in [2.05, 4.69) is 16.3 Å². The van der Waals surface area contributed by atoms with E-state index in [1.54, 1.807) is 19.2 Å². The minimum atomic E-state index is -0.170. The highest BCUT2D eigenvalue weighted by molar-refractivity contribution is 6.30. The second kappa shape index (κ2) is 13.1. The van der Waals surface area contributed by atoms with Crippen LogP contribution in [0.3, 0.4) is 0 Å². The lowest BCUT2D eigenvalue weighted by atomic mass is 10.1. The molecular weight excluding hydrogens is 488 g/mol. The number of hydrogen-bond acceptors (Lipinski definition) is 5. The van der Waals surface area contributed by atoms with Gasteiger partial charge in [0.2, 0.25) is 0 Å². The van der Waals surface area contributed by atoms with Crippen LogP contribution < -0.4 is 10.1 Å². The van der Waals surface area contributed by atoms with Crippen LogP contribution >= 0.6 is 11.6 Å². The second-order valence-corrected chi connectivity index (χ2v) is 9.39. The van der Waals surface area contributed by atoms with E-state index in [-0.39, 0.29) is 12.1 Å². The smallest absolute Gasteiger partial charge is 0.317 e. The first kappa shape index (κ1) is 26.5. The fraction of sp³-hybridized carbons (Fsp3) is 0.310. The Bertz CT molecular complexity index is 1200. The summed E-state index contributed by atoms with van der Waals surface area (Å²) >= 11 is 5.94. The normalized spacial score (nSPS) is 14.6. The summed E-state index contributed by atoms with van der Waals surface area (Å²) in [7, 11) is 1.66. The predicted octanol–water partition coefficient (Wildman–Crippen LogP) is 5.01. The zero-order valence-electron chi connectivity index (χ0n) is 20.9. The minimum absolute atomic E-state index is 0.0592. The largest absolute Gasteiger partial charge is 0.497 e. The quantitative estimate of drug-likeness (QED) is 0.431. The summed E-state index contributed by atoms with van der Waals surface area (Å²) in [6.45, 7) is 4.41. The van der Waals surface area contributed by atoms with Gasteiger partial charge in [-0.3, -0.25) is 4.90 Å². The zero-order chi connectivity index (χ0) is 26.0. The maximum absolute atomic E-state index is 12.7. The van der Waals surface area contributed by atoms with E-state index >= 15 is 0 Å². The van der Waals surface area contributed by atoms with Crippen LogP contribution in [0.5, 0.6) is 5.75 Å². The first-order chi connectivity index (χ1) is 18.0. The van der Waals surface area contributed by atoms with Crippen LogP contribution in [0, 0.1) is 11.3 Å². The number of hydrogen-bond donors (Lipinski definition) is 1. The first-order valence-corrected chi connectivity index (χ1v) is 12.7. The van der Waals surface area contributed by atoms with Gasteiger partial charge in [0.15, 0.2) is 0 Å². The molecule has 1 heterocycles. The molecule has 3 aromatic rings. The molecule has 0 saturated carbocycles. The third kappa shape index (κ3) is 7.70. The van der Waals surface area contributed by atoms with E-state index < -0.39 is 0 Å². The third-order valence-electron chi connectivity index (χ3n) is 6.44. The van der Waals surface area contributed by atoms with Gasteiger partial charge >= 0.3 is 6.03 Å². The van der Waals surface area contributed by atoms with Gasteiger partial charge in [0.1, 0.15) is 5.75 Å². The molecule has 2 amide bonds. The number of nitrogens with zero attached hydrogens (tertiary/aromatic N) is 3. The van der Waals surface area contributed by atoms with Crippen molar-refractivity contribution in [3.63, 3.8) is 0 Å². The molecule has 1 saturated heterocycles. The van der Waals surface area contributed by atoms with E-state index in [0.29, 0.717) is 43.4 Å². The predicted molar refractivity (Wildman–Crippen MR) is 143 cm³/mol. The molecule has 192 valence electrons. The van der Waals surface area contributed by atoms with Gasteiger partial charge in [0.25, 0.3) is 0 Å². The lowest BCUT2D eigenvalue weighted by molar-refractivity contribution is 0.00546. The number of benzene rings is 3. The Labute approximate surface area is 223 Å². The number of carbonyl (C=O) groups is 1. The van der Waals surface area contributed by atoms with Crippen molar-refractivity contribution < 1.29 is 14.3 Å². The number of amides is 2. The molecule has 0 bridgehead atoms. The first-order valence-electron chi connectivity index (χ1n) is 12.3. The molecule has 1 aliphatic rings. The van der Waals surface area contributed by atoms with Crippen molar-refractivity contribution in [2.75, 3.05) is 39.8 Å². The van der Waals surface area contributed by atoms with Gasteiger partial charge in [-0.2, -0.15) is 5.26 Å². The van der Waals surface area contributed by atoms with Crippen LogP contribution in [-0.4, -0.2) is 55.7 Å². The van der Waals surface area contributed by atoms with E-state index in [1.165, 1.54) is 0 Å². The lowest BCUT2D eigenvalue weighted by Gasteiger charge is -2.36. The summed E-state index contributed by atoms with van der Waals surface area (Å²) < 4.78 is 11.8. The van der Waals surface area contributed by atoms with Crippen molar-refractivity contribution in [3.8, 4) is 11.8 Å². The summed E-state index contributed by atoms with van der Waals surface area (Å²) in [6, 6.07) is 24.9. The minimum Gasteiger partial charge on any atom is -0.497 e. The molecule has 1 fully saturated rings. The molecule has 1 N–H and O–H groups in total. The highest BCUT2D eigenvalue weighted by Crippen LogP contribution is 2.25. The number of carbonyl (C=O) groups excluding carboxylic acids is 1. The summed E-state index contributed by atoms with van der Waals surface area (Å²) in [5, 5.41) is 12.7. The standard InChI is InChI=1S/C29H31ClN4O3/c1-36-27-4-2-3-25(17-27)28(37-21-24-7-5-22(18-31)6-8-24)20-33-13-15-34(16-14-33)29(35)32-19-23-9-11-26(30)12-10-23/h2-12,17,28H,13-16,19-21H2,1H3,(H,32,35). The average molecular weight is 519 g/mol. The zero-order valence-corrected chi connectivity index (χ0v) is 21.7. The number of piperazine rings is 1. The summed E-state index contributed by atoms with van der Waals surface area (Å²) in [5.74, 6) is 0.784. The number of halogens is 1. The SMILES string of the molecule is COc1cccc(C(CN2CCN(C(=O)NCc3ccc(Cl)cc3)CC2)OCc2ccc(C#N)cc2)c1. The van der Waals surface area contributed by atoms with Gasteiger partial charge < -0.3 is 19.7 Å². The molecule has 0 spiro atoms. The van der Waals surface area contributed by atoms with E-state index in [4.69, 9.17) is 26.3 Å². The molecule has 1 atom stereocenters. The molecule has 8 heteroatoms. The molecule has 1 aliphatic heterocycles. The molecule has 7 nitrogen and oxygen atoms in total. The van der Waals surface area contributed by atoms with Gasteiger partial charge in [-0.25, -0.2) is 4.79 Å². The Morgan fingerprint density at radius 3 is 2.41 bits per heavy atom. The third-order valence-corrected chi connectivity index (χ3v) is 6.69. The maximum atomic E-state index is 12.7. The number of urea groups is 1. The number of ether oxygens (including phenoxy) is 2. The van der Waals surface area contributed by atoms with Crippen LogP contribution in [0.1, 0.15) is 28.4 Å². The van der Waals surface area contributed by atoms with Crippen molar-refractivity contribution in [1.29, 1.82) is 5.26 Å². The van der Waals surface area contributed by atoms with Gasteiger partial charge in [0.05, 0.1) is 31.5 Å². The molecule has 0 radical (unpaired) electrons. The molecule has 0 aromatic heterocycles. The van der Waals surface area contributed by atoms with E-state index in [9.17, 15) is 4.79 Å². The Morgan fingerprint density at radius 1 is 1.03 bits per heavy atom. The molecule has 1 unspecified atom stereocenters. The summed E-state index contributed by atoms with van der Waals surface area (Å²) in [4.78, 5) is 16.9. The Kier molecular flexibility index (Phi) is 9.39. The van der Waals surface area contributed by atoms with Crippen LogP contribution in [0.25, 0.3) is 0 Å². The van der Waals surface area contributed by atoms with Gasteiger partial charge in [-0.1, -0.05) is 48.0 Å². The van der Waals surface area contributed by atoms with Crippen LogP contribution in [0.2, 0.25) is 5.02 Å². The van der Waals surface area contributed by atoms with Gasteiger partial charge in [-0.05, 0) is 53.1 Å². The van der Waals surface area contributed by atoms with Crippen LogP contribution in [-0.2, 0) is 17.9 Å². The van der Waals surface area contributed by atoms with Crippen molar-refractivity contribution in [2.24, 2.45) is 0 Å². The highest BCUT2D eigenvalue weighted by atomic mass is 35.5. The number of methoxy groups -OCH3 is 1. The second-order valence-electron chi connectivity index (χ2n) is 8.96. The molecular formula is C29H31ClN4O3. The Balaban J connectivity index is 1.33. The molecule has 4 rings (SSSR count). The highest BCUT2D eigenvalue weighted by Gasteiger charge is 2.24. The van der Waals surface area contributed by atoms with Crippen molar-refractivity contribution in [1.82, 2.24) is 15.1 Å². The van der Waals surface area contributed by atoms with Gasteiger partial charge in [-0.15, -0.1) is 0 Å². The van der Waals surface area contributed by atoms with Crippen LogP contribution in [0.4, 0.5) is 4.79 Å². The number of nitrogens with one attached hydrogen (secondary N) is 1. The summed E-state index contributed by atoms with van der Waals surface area (Å²) in [5.41, 5.74) is 3.69.